The Morgan fingerprint density at radius 3 is 1.80 bits per heavy atom. The molecule has 0 radical (unpaired) electrons. The van der Waals surface area contributed by atoms with Crippen LogP contribution in [0.2, 0.25) is 0 Å². The minimum atomic E-state index is -1.51. The van der Waals surface area contributed by atoms with Crippen LogP contribution in [0.5, 0.6) is 0 Å². The minimum absolute atomic E-state index is 0.00530. The van der Waals surface area contributed by atoms with Gasteiger partial charge in [0.1, 0.15) is 36.6 Å². The lowest BCUT2D eigenvalue weighted by molar-refractivity contribution is -0.368. The molecule has 2 saturated heterocycles. The maximum absolute atomic E-state index is 10.4. The third-order valence-electron chi connectivity index (χ3n) is 5.26. The zero-order chi connectivity index (χ0) is 18.3. The predicted octanol–water partition coefficient (Wildman–Crippen LogP) is -1.77. The van der Waals surface area contributed by atoms with Gasteiger partial charge in [0.05, 0.1) is 18.3 Å². The lowest BCUT2D eigenvalue weighted by Crippen LogP contribution is -2.63. The molecule has 1 saturated carbocycles. The van der Waals surface area contributed by atoms with Gasteiger partial charge in [-0.25, -0.2) is 0 Å². The summed E-state index contributed by atoms with van der Waals surface area (Å²) in [6.07, 6.45) is -8.70. The van der Waals surface area contributed by atoms with Gasteiger partial charge in [-0.2, -0.15) is 0 Å². The molecule has 2 aliphatic heterocycles. The van der Waals surface area contributed by atoms with Crippen LogP contribution in [0.3, 0.4) is 0 Å². The third-order valence-corrected chi connectivity index (χ3v) is 5.26. The zero-order valence-corrected chi connectivity index (χ0v) is 14.3. The van der Waals surface area contributed by atoms with Gasteiger partial charge < -0.3 is 44.5 Å². The summed E-state index contributed by atoms with van der Waals surface area (Å²) < 4.78 is 22.5. The Hall–Kier alpha value is -0.360. The van der Waals surface area contributed by atoms with Crippen LogP contribution in [0.1, 0.15) is 33.1 Å². The second-order valence-electron chi connectivity index (χ2n) is 7.16. The molecule has 2 heterocycles. The molecule has 9 nitrogen and oxygen atoms in total. The molecule has 25 heavy (non-hydrogen) atoms. The maximum Gasteiger partial charge on any atom is 0.187 e. The Kier molecular flexibility index (Phi) is 5.98. The monoisotopic (exact) mass is 364 g/mol. The van der Waals surface area contributed by atoms with Crippen molar-refractivity contribution in [2.45, 2.75) is 101 Å². The van der Waals surface area contributed by atoms with Crippen LogP contribution in [-0.4, -0.2) is 93.0 Å². The molecule has 1 aliphatic carbocycles. The van der Waals surface area contributed by atoms with Crippen molar-refractivity contribution in [3.05, 3.63) is 0 Å². The quantitative estimate of drug-likeness (QED) is 0.392. The normalized spacial score (nSPS) is 52.0. The van der Waals surface area contributed by atoms with Gasteiger partial charge in [-0.3, -0.25) is 0 Å². The van der Waals surface area contributed by atoms with Gasteiger partial charge in [-0.15, -0.1) is 0 Å². The molecule has 0 aromatic rings. The first-order valence-electron chi connectivity index (χ1n) is 8.81. The van der Waals surface area contributed by atoms with Crippen molar-refractivity contribution in [1.29, 1.82) is 0 Å². The molecule has 9 heteroatoms. The number of hydrogen-bond acceptors (Lipinski definition) is 9. The van der Waals surface area contributed by atoms with E-state index in [9.17, 15) is 25.5 Å². The molecule has 0 amide bonds. The van der Waals surface area contributed by atoms with E-state index >= 15 is 0 Å². The third kappa shape index (κ3) is 3.85. The van der Waals surface area contributed by atoms with Gasteiger partial charge in [0.2, 0.25) is 0 Å². The molecule has 3 fully saturated rings. The topological polar surface area (TPSA) is 138 Å². The molecule has 146 valence electrons. The predicted molar refractivity (Wildman–Crippen MR) is 82.3 cm³/mol. The van der Waals surface area contributed by atoms with Crippen molar-refractivity contribution in [2.75, 3.05) is 0 Å². The van der Waals surface area contributed by atoms with Crippen molar-refractivity contribution in [3.63, 3.8) is 0 Å². The molecule has 0 aromatic heterocycles. The van der Waals surface area contributed by atoms with Crippen molar-refractivity contribution >= 4 is 0 Å². The highest BCUT2D eigenvalue weighted by Crippen LogP contribution is 2.32. The van der Waals surface area contributed by atoms with Gasteiger partial charge in [0.25, 0.3) is 0 Å². The highest BCUT2D eigenvalue weighted by Gasteiger charge is 2.50. The van der Waals surface area contributed by atoms with Gasteiger partial charge in [-0.1, -0.05) is 0 Å². The average Bonchev–Trinajstić information content (AvgIpc) is 2.54. The maximum atomic E-state index is 10.4. The summed E-state index contributed by atoms with van der Waals surface area (Å²) in [5.41, 5.74) is 0. The van der Waals surface area contributed by atoms with E-state index in [2.05, 4.69) is 0 Å². The SMILES string of the molecule is CC1OC(OC2C(OC3CCC3)OC(C)C(O)C2O)C(O)C(O)C1O. The largest absolute Gasteiger partial charge is 0.388 e. The second-order valence-corrected chi connectivity index (χ2v) is 7.16. The van der Waals surface area contributed by atoms with Crippen LogP contribution < -0.4 is 0 Å². The number of hydrogen-bond donors (Lipinski definition) is 5. The van der Waals surface area contributed by atoms with E-state index in [1.54, 1.807) is 6.92 Å². The molecule has 10 atom stereocenters. The second kappa shape index (κ2) is 7.71. The lowest BCUT2D eigenvalue weighted by atomic mass is 9.95. The van der Waals surface area contributed by atoms with Crippen molar-refractivity contribution in [3.8, 4) is 0 Å². The summed E-state index contributed by atoms with van der Waals surface area (Å²) in [7, 11) is 0. The standard InChI is InChI=1S/C16H28O9/c1-6-9(17)11(19)13(21)15(22-6)25-14-12(20)10(18)7(2)23-16(14)24-8-4-3-5-8/h6-21H,3-5H2,1-2H3. The summed E-state index contributed by atoms with van der Waals surface area (Å²) in [5, 5.41) is 50.2. The Morgan fingerprint density at radius 1 is 0.680 bits per heavy atom. The van der Waals surface area contributed by atoms with E-state index in [4.69, 9.17) is 18.9 Å². The number of aliphatic hydroxyl groups is 5. The van der Waals surface area contributed by atoms with Crippen LogP contribution in [0.15, 0.2) is 0 Å². The Labute approximate surface area is 146 Å². The Balaban J connectivity index is 1.71. The van der Waals surface area contributed by atoms with E-state index < -0.39 is 61.4 Å². The van der Waals surface area contributed by atoms with Crippen LogP contribution in [0.25, 0.3) is 0 Å². The first-order valence-corrected chi connectivity index (χ1v) is 8.81. The molecular formula is C16H28O9. The number of rotatable bonds is 4. The smallest absolute Gasteiger partial charge is 0.187 e. The van der Waals surface area contributed by atoms with Gasteiger partial charge in [-0.05, 0) is 33.1 Å². The van der Waals surface area contributed by atoms with Crippen molar-refractivity contribution in [2.24, 2.45) is 0 Å². The number of ether oxygens (including phenoxy) is 4. The van der Waals surface area contributed by atoms with E-state index in [-0.39, 0.29) is 6.10 Å². The van der Waals surface area contributed by atoms with Crippen molar-refractivity contribution < 1.29 is 44.5 Å². The molecule has 0 aromatic carbocycles. The van der Waals surface area contributed by atoms with Crippen LogP contribution in [0.4, 0.5) is 0 Å². The summed E-state index contributed by atoms with van der Waals surface area (Å²) in [4.78, 5) is 0. The van der Waals surface area contributed by atoms with E-state index in [0.717, 1.165) is 19.3 Å². The molecule has 0 bridgehead atoms. The summed E-state index contributed by atoms with van der Waals surface area (Å²) >= 11 is 0. The molecule has 3 rings (SSSR count). The van der Waals surface area contributed by atoms with E-state index in [0.29, 0.717) is 0 Å². The summed E-state index contributed by atoms with van der Waals surface area (Å²) in [5.74, 6) is 0. The van der Waals surface area contributed by atoms with E-state index in [1.165, 1.54) is 6.92 Å². The fraction of sp³-hybridized carbons (Fsp3) is 1.00. The highest BCUT2D eigenvalue weighted by atomic mass is 16.8. The number of aliphatic hydroxyl groups excluding tert-OH is 5. The first-order chi connectivity index (χ1) is 11.8. The zero-order valence-electron chi connectivity index (χ0n) is 14.3. The molecule has 3 aliphatic rings. The van der Waals surface area contributed by atoms with Gasteiger partial charge in [0, 0.05) is 0 Å². The van der Waals surface area contributed by atoms with E-state index in [1.807, 2.05) is 0 Å². The lowest BCUT2D eigenvalue weighted by Gasteiger charge is -2.46. The van der Waals surface area contributed by atoms with Crippen LogP contribution >= 0.6 is 0 Å². The Morgan fingerprint density at radius 2 is 1.24 bits per heavy atom. The minimum Gasteiger partial charge on any atom is -0.388 e. The van der Waals surface area contributed by atoms with Crippen LogP contribution in [-0.2, 0) is 18.9 Å². The summed E-state index contributed by atoms with van der Waals surface area (Å²) in [6.45, 7) is 3.15. The first kappa shape index (κ1) is 19.4. The fourth-order valence-corrected chi connectivity index (χ4v) is 3.23. The van der Waals surface area contributed by atoms with Gasteiger partial charge in [0.15, 0.2) is 12.6 Å². The molecule has 0 spiro atoms. The molecule has 5 N–H and O–H groups in total. The molecular weight excluding hydrogens is 336 g/mol. The van der Waals surface area contributed by atoms with Crippen molar-refractivity contribution in [1.82, 2.24) is 0 Å². The van der Waals surface area contributed by atoms with Crippen LogP contribution in [0, 0.1) is 0 Å². The molecule has 10 unspecified atom stereocenters. The Bertz CT molecular complexity index is 443. The highest BCUT2D eigenvalue weighted by molar-refractivity contribution is 4.92. The van der Waals surface area contributed by atoms with Gasteiger partial charge >= 0.3 is 0 Å². The summed E-state index contributed by atoms with van der Waals surface area (Å²) in [6, 6.07) is 0. The average molecular weight is 364 g/mol. The fourth-order valence-electron chi connectivity index (χ4n) is 3.23.